The van der Waals surface area contributed by atoms with E-state index in [-0.39, 0.29) is 23.9 Å². The normalized spacial score (nSPS) is 26.2. The smallest absolute Gasteiger partial charge is 0.146 e. The lowest BCUT2D eigenvalue weighted by atomic mass is 9.96. The number of aliphatic hydroxyl groups is 1. The SMILES string of the molecule is CC(N)c1ccc(N2CCC(O)C(C)C2)c(F)c1. The molecule has 0 saturated carbocycles. The van der Waals surface area contributed by atoms with Gasteiger partial charge in [0.15, 0.2) is 0 Å². The highest BCUT2D eigenvalue weighted by molar-refractivity contribution is 5.50. The number of halogens is 1. The Balaban J connectivity index is 2.19. The number of nitrogens with two attached hydrogens (primary N) is 1. The van der Waals surface area contributed by atoms with Crippen molar-refractivity contribution in [3.05, 3.63) is 29.6 Å². The second kappa shape index (κ2) is 5.24. The molecule has 3 unspecified atom stereocenters. The number of hydrogen-bond donors (Lipinski definition) is 2. The zero-order valence-electron chi connectivity index (χ0n) is 10.9. The zero-order chi connectivity index (χ0) is 13.3. The Labute approximate surface area is 107 Å². The van der Waals surface area contributed by atoms with Gasteiger partial charge in [0.1, 0.15) is 5.82 Å². The Morgan fingerprint density at radius 1 is 1.50 bits per heavy atom. The summed E-state index contributed by atoms with van der Waals surface area (Å²) in [6, 6.07) is 5.02. The van der Waals surface area contributed by atoms with E-state index in [0.717, 1.165) is 5.56 Å². The second-order valence-corrected chi connectivity index (χ2v) is 5.28. The van der Waals surface area contributed by atoms with E-state index in [0.29, 0.717) is 25.2 Å². The van der Waals surface area contributed by atoms with Crippen molar-refractivity contribution in [1.29, 1.82) is 0 Å². The average Bonchev–Trinajstić information content (AvgIpc) is 2.32. The Bertz CT molecular complexity index is 422. The molecule has 18 heavy (non-hydrogen) atoms. The van der Waals surface area contributed by atoms with E-state index in [9.17, 15) is 9.50 Å². The van der Waals surface area contributed by atoms with Gasteiger partial charge in [-0.25, -0.2) is 4.39 Å². The minimum Gasteiger partial charge on any atom is -0.393 e. The van der Waals surface area contributed by atoms with Gasteiger partial charge in [-0.2, -0.15) is 0 Å². The first-order chi connectivity index (χ1) is 8.49. The molecule has 1 aliphatic heterocycles. The molecule has 0 spiro atoms. The van der Waals surface area contributed by atoms with Gasteiger partial charge in [-0.1, -0.05) is 13.0 Å². The van der Waals surface area contributed by atoms with Crippen molar-refractivity contribution in [3.63, 3.8) is 0 Å². The van der Waals surface area contributed by atoms with Crippen LogP contribution in [0.25, 0.3) is 0 Å². The van der Waals surface area contributed by atoms with Gasteiger partial charge in [0.2, 0.25) is 0 Å². The first-order valence-electron chi connectivity index (χ1n) is 6.47. The molecule has 1 aliphatic rings. The Kier molecular flexibility index (Phi) is 3.88. The van der Waals surface area contributed by atoms with Crippen molar-refractivity contribution >= 4 is 5.69 Å². The van der Waals surface area contributed by atoms with Crippen LogP contribution >= 0.6 is 0 Å². The van der Waals surface area contributed by atoms with Crippen LogP contribution in [0.5, 0.6) is 0 Å². The van der Waals surface area contributed by atoms with E-state index >= 15 is 0 Å². The minimum absolute atomic E-state index is 0.157. The minimum atomic E-state index is -0.271. The molecule has 2 rings (SSSR count). The molecule has 3 N–H and O–H groups in total. The third kappa shape index (κ3) is 2.65. The summed E-state index contributed by atoms with van der Waals surface area (Å²) in [6.45, 7) is 5.22. The molecule has 1 heterocycles. The highest BCUT2D eigenvalue weighted by Gasteiger charge is 2.25. The fourth-order valence-electron chi connectivity index (χ4n) is 2.41. The standard InChI is InChI=1S/C14H21FN2O/c1-9-8-17(6-5-14(9)18)13-4-3-11(10(2)16)7-12(13)15/h3-4,7,9-10,14,18H,5-6,8,16H2,1-2H3. The molecule has 1 saturated heterocycles. The number of aliphatic hydroxyl groups excluding tert-OH is 1. The van der Waals surface area contributed by atoms with E-state index in [2.05, 4.69) is 0 Å². The van der Waals surface area contributed by atoms with Crippen molar-refractivity contribution in [1.82, 2.24) is 0 Å². The molecule has 0 bridgehead atoms. The van der Waals surface area contributed by atoms with Crippen molar-refractivity contribution in [2.75, 3.05) is 18.0 Å². The van der Waals surface area contributed by atoms with E-state index in [1.165, 1.54) is 6.07 Å². The van der Waals surface area contributed by atoms with Crippen LogP contribution in [0.15, 0.2) is 18.2 Å². The Morgan fingerprint density at radius 3 is 2.78 bits per heavy atom. The number of nitrogens with zero attached hydrogens (tertiary/aromatic N) is 1. The maximum absolute atomic E-state index is 14.1. The number of benzene rings is 1. The number of hydrogen-bond acceptors (Lipinski definition) is 3. The van der Waals surface area contributed by atoms with Gasteiger partial charge in [0.25, 0.3) is 0 Å². The first-order valence-corrected chi connectivity index (χ1v) is 6.47. The van der Waals surface area contributed by atoms with Gasteiger partial charge in [-0.05, 0) is 37.0 Å². The molecule has 4 heteroatoms. The highest BCUT2D eigenvalue weighted by atomic mass is 19.1. The van der Waals surface area contributed by atoms with Gasteiger partial charge in [-0.3, -0.25) is 0 Å². The van der Waals surface area contributed by atoms with Crippen molar-refractivity contribution in [2.45, 2.75) is 32.4 Å². The van der Waals surface area contributed by atoms with Gasteiger partial charge in [0.05, 0.1) is 11.8 Å². The molecule has 0 amide bonds. The summed E-state index contributed by atoms with van der Waals surface area (Å²) in [5, 5.41) is 9.69. The molecule has 3 atom stereocenters. The van der Waals surface area contributed by atoms with Crippen molar-refractivity contribution < 1.29 is 9.50 Å². The monoisotopic (exact) mass is 252 g/mol. The summed E-state index contributed by atoms with van der Waals surface area (Å²) in [5.74, 6) is -0.0559. The molecule has 1 fully saturated rings. The summed E-state index contributed by atoms with van der Waals surface area (Å²) in [5.41, 5.74) is 7.15. The molecule has 0 radical (unpaired) electrons. The lowest BCUT2D eigenvalue weighted by molar-refractivity contribution is 0.0969. The maximum atomic E-state index is 14.1. The quantitative estimate of drug-likeness (QED) is 0.847. The second-order valence-electron chi connectivity index (χ2n) is 5.28. The van der Waals surface area contributed by atoms with Crippen LogP contribution < -0.4 is 10.6 Å². The summed E-state index contributed by atoms with van der Waals surface area (Å²) < 4.78 is 14.1. The summed E-state index contributed by atoms with van der Waals surface area (Å²) in [4.78, 5) is 2.00. The summed E-state index contributed by atoms with van der Waals surface area (Å²) >= 11 is 0. The maximum Gasteiger partial charge on any atom is 0.146 e. The predicted octanol–water partition coefficient (Wildman–Crippen LogP) is 2.05. The summed E-state index contributed by atoms with van der Waals surface area (Å²) in [7, 11) is 0. The predicted molar refractivity (Wildman–Crippen MR) is 71.0 cm³/mol. The number of anilines is 1. The van der Waals surface area contributed by atoms with Crippen molar-refractivity contribution in [2.24, 2.45) is 11.7 Å². The molecular weight excluding hydrogens is 231 g/mol. The lowest BCUT2D eigenvalue weighted by Crippen LogP contribution is -2.42. The fourth-order valence-corrected chi connectivity index (χ4v) is 2.41. The van der Waals surface area contributed by atoms with Crippen LogP contribution in [0.1, 0.15) is 31.9 Å². The van der Waals surface area contributed by atoms with E-state index in [1.807, 2.05) is 24.8 Å². The molecule has 1 aromatic rings. The number of piperidine rings is 1. The average molecular weight is 252 g/mol. The Hall–Kier alpha value is -1.13. The molecule has 0 aromatic heterocycles. The van der Waals surface area contributed by atoms with Crippen LogP contribution in [0.4, 0.5) is 10.1 Å². The van der Waals surface area contributed by atoms with Gasteiger partial charge in [-0.15, -0.1) is 0 Å². The van der Waals surface area contributed by atoms with Gasteiger partial charge in [0, 0.05) is 19.1 Å². The first kappa shape index (κ1) is 13.3. The lowest BCUT2D eigenvalue weighted by Gasteiger charge is -2.36. The van der Waals surface area contributed by atoms with E-state index in [4.69, 9.17) is 5.73 Å². The topological polar surface area (TPSA) is 49.5 Å². The molecular formula is C14H21FN2O. The molecule has 1 aromatic carbocycles. The van der Waals surface area contributed by atoms with Crippen LogP contribution in [0.2, 0.25) is 0 Å². The van der Waals surface area contributed by atoms with Crippen LogP contribution in [0, 0.1) is 11.7 Å². The molecule has 100 valence electrons. The fraction of sp³-hybridized carbons (Fsp3) is 0.571. The van der Waals surface area contributed by atoms with Gasteiger partial charge >= 0.3 is 0 Å². The summed E-state index contributed by atoms with van der Waals surface area (Å²) in [6.07, 6.45) is 0.419. The van der Waals surface area contributed by atoms with E-state index in [1.54, 1.807) is 6.07 Å². The zero-order valence-corrected chi connectivity index (χ0v) is 10.9. The third-order valence-corrected chi connectivity index (χ3v) is 3.70. The van der Waals surface area contributed by atoms with Crippen LogP contribution in [-0.2, 0) is 0 Å². The van der Waals surface area contributed by atoms with Gasteiger partial charge < -0.3 is 15.7 Å². The van der Waals surface area contributed by atoms with Crippen LogP contribution in [-0.4, -0.2) is 24.3 Å². The largest absolute Gasteiger partial charge is 0.393 e. The Morgan fingerprint density at radius 2 is 2.22 bits per heavy atom. The van der Waals surface area contributed by atoms with E-state index < -0.39 is 0 Å². The third-order valence-electron chi connectivity index (χ3n) is 3.70. The number of rotatable bonds is 2. The molecule has 3 nitrogen and oxygen atoms in total. The van der Waals surface area contributed by atoms with Crippen LogP contribution in [0.3, 0.4) is 0 Å². The van der Waals surface area contributed by atoms with Crippen molar-refractivity contribution in [3.8, 4) is 0 Å². The molecule has 0 aliphatic carbocycles. The highest BCUT2D eigenvalue weighted by Crippen LogP contribution is 2.27.